The second kappa shape index (κ2) is 6.75. The zero-order chi connectivity index (χ0) is 11.1. The van der Waals surface area contributed by atoms with E-state index in [-0.39, 0.29) is 6.10 Å². The molecule has 0 bridgehead atoms. The van der Waals surface area contributed by atoms with E-state index in [9.17, 15) is 0 Å². The monoisotopic (exact) mass is 226 g/mol. The second-order valence-corrected chi connectivity index (χ2v) is 4.00. The molecule has 0 saturated carbocycles. The van der Waals surface area contributed by atoms with E-state index in [1.807, 2.05) is 31.2 Å². The molecule has 0 spiro atoms. The van der Waals surface area contributed by atoms with Crippen LogP contribution in [0, 0.1) is 0 Å². The number of benzene rings is 1. The van der Waals surface area contributed by atoms with Gasteiger partial charge in [0.15, 0.2) is 0 Å². The molecule has 1 atom stereocenters. The average molecular weight is 226 g/mol. The van der Waals surface area contributed by atoms with Gasteiger partial charge in [-0.15, -0.1) is 12.6 Å². The van der Waals surface area contributed by atoms with Gasteiger partial charge < -0.3 is 9.47 Å². The Bertz CT molecular complexity index is 271. The summed E-state index contributed by atoms with van der Waals surface area (Å²) >= 11 is 4.21. The second-order valence-electron chi connectivity index (χ2n) is 3.49. The van der Waals surface area contributed by atoms with E-state index in [2.05, 4.69) is 19.6 Å². The highest BCUT2D eigenvalue weighted by molar-refractivity contribution is 7.80. The van der Waals surface area contributed by atoms with Gasteiger partial charge in [0.25, 0.3) is 0 Å². The van der Waals surface area contributed by atoms with Crippen LogP contribution < -0.4 is 4.74 Å². The van der Waals surface area contributed by atoms with Crippen LogP contribution in [0.3, 0.4) is 0 Å². The van der Waals surface area contributed by atoms with Crippen LogP contribution in [0.4, 0.5) is 0 Å². The first-order valence-electron chi connectivity index (χ1n) is 5.25. The molecule has 0 N–H and O–H groups in total. The van der Waals surface area contributed by atoms with Crippen molar-refractivity contribution < 1.29 is 9.47 Å². The maximum Gasteiger partial charge on any atom is 0.119 e. The Morgan fingerprint density at radius 3 is 2.53 bits per heavy atom. The molecule has 15 heavy (non-hydrogen) atoms. The molecule has 2 nitrogen and oxygen atoms in total. The minimum Gasteiger partial charge on any atom is -0.491 e. The molecule has 0 fully saturated rings. The van der Waals surface area contributed by atoms with Crippen molar-refractivity contribution in [2.45, 2.75) is 31.3 Å². The Hall–Kier alpha value is -0.670. The largest absolute Gasteiger partial charge is 0.491 e. The Morgan fingerprint density at radius 1 is 1.27 bits per heavy atom. The molecule has 1 aromatic rings. The van der Waals surface area contributed by atoms with E-state index >= 15 is 0 Å². The number of thiol groups is 1. The van der Waals surface area contributed by atoms with Gasteiger partial charge in [-0.1, -0.05) is 6.92 Å². The maximum atomic E-state index is 5.56. The van der Waals surface area contributed by atoms with E-state index in [0.717, 1.165) is 23.7 Å². The van der Waals surface area contributed by atoms with Gasteiger partial charge in [-0.25, -0.2) is 0 Å². The third-order valence-electron chi connectivity index (χ3n) is 1.93. The lowest BCUT2D eigenvalue weighted by Crippen LogP contribution is -2.18. The fraction of sp³-hybridized carbons (Fsp3) is 0.500. The number of ether oxygens (including phenoxy) is 2. The molecule has 0 saturated heterocycles. The quantitative estimate of drug-likeness (QED) is 0.751. The molecule has 84 valence electrons. The zero-order valence-corrected chi connectivity index (χ0v) is 10.2. The van der Waals surface area contributed by atoms with Crippen LogP contribution in [-0.2, 0) is 4.74 Å². The summed E-state index contributed by atoms with van der Waals surface area (Å²) in [6.45, 7) is 5.49. The molecule has 3 heteroatoms. The third kappa shape index (κ3) is 5.09. The lowest BCUT2D eigenvalue weighted by atomic mass is 10.3. The molecule has 0 aromatic heterocycles. The molecule has 0 amide bonds. The van der Waals surface area contributed by atoms with Crippen molar-refractivity contribution in [3.05, 3.63) is 24.3 Å². The molecule has 0 aliphatic heterocycles. The van der Waals surface area contributed by atoms with Crippen molar-refractivity contribution in [2.24, 2.45) is 0 Å². The Labute approximate surface area is 97.0 Å². The van der Waals surface area contributed by atoms with E-state index in [4.69, 9.17) is 9.47 Å². The minimum atomic E-state index is 0.139. The predicted molar refractivity (Wildman–Crippen MR) is 64.9 cm³/mol. The van der Waals surface area contributed by atoms with Crippen LogP contribution in [0.5, 0.6) is 5.75 Å². The minimum absolute atomic E-state index is 0.139. The highest BCUT2D eigenvalue weighted by Gasteiger charge is 2.02. The molecule has 1 aromatic carbocycles. The third-order valence-corrected chi connectivity index (χ3v) is 2.23. The summed E-state index contributed by atoms with van der Waals surface area (Å²) in [7, 11) is 0. The van der Waals surface area contributed by atoms with Crippen LogP contribution in [0.25, 0.3) is 0 Å². The SMILES string of the molecule is CCCOC(C)COc1ccc(S)cc1. The maximum absolute atomic E-state index is 5.56. The van der Waals surface area contributed by atoms with Crippen LogP contribution >= 0.6 is 12.6 Å². The average Bonchev–Trinajstić information content (AvgIpc) is 2.25. The van der Waals surface area contributed by atoms with Crippen LogP contribution in [-0.4, -0.2) is 19.3 Å². The highest BCUT2D eigenvalue weighted by atomic mass is 32.1. The summed E-state index contributed by atoms with van der Waals surface area (Å²) in [4.78, 5) is 0.942. The Balaban J connectivity index is 2.27. The molecule has 0 aliphatic rings. The van der Waals surface area contributed by atoms with E-state index < -0.39 is 0 Å². The topological polar surface area (TPSA) is 18.5 Å². The summed E-state index contributed by atoms with van der Waals surface area (Å²) in [5.74, 6) is 0.861. The molecule has 1 unspecified atom stereocenters. The van der Waals surface area contributed by atoms with Gasteiger partial charge in [-0.05, 0) is 37.6 Å². The summed E-state index contributed by atoms with van der Waals surface area (Å²) in [5.41, 5.74) is 0. The van der Waals surface area contributed by atoms with Gasteiger partial charge >= 0.3 is 0 Å². The lowest BCUT2D eigenvalue weighted by Gasteiger charge is -2.13. The predicted octanol–water partition coefficient (Wildman–Crippen LogP) is 3.17. The molecule has 0 heterocycles. The molecule has 0 aliphatic carbocycles. The molecular weight excluding hydrogens is 208 g/mol. The van der Waals surface area contributed by atoms with Crippen molar-refractivity contribution in [3.63, 3.8) is 0 Å². The van der Waals surface area contributed by atoms with Crippen molar-refractivity contribution in [2.75, 3.05) is 13.2 Å². The summed E-state index contributed by atoms with van der Waals surface area (Å²) in [5, 5.41) is 0. The van der Waals surface area contributed by atoms with E-state index in [1.165, 1.54) is 0 Å². The van der Waals surface area contributed by atoms with Crippen LogP contribution in [0.15, 0.2) is 29.2 Å². The van der Waals surface area contributed by atoms with Gasteiger partial charge in [-0.3, -0.25) is 0 Å². The summed E-state index contributed by atoms with van der Waals surface area (Å²) < 4.78 is 11.1. The first-order chi connectivity index (χ1) is 7.22. The Kier molecular flexibility index (Phi) is 5.58. The van der Waals surface area contributed by atoms with E-state index in [0.29, 0.717) is 6.61 Å². The van der Waals surface area contributed by atoms with Crippen molar-refractivity contribution in [1.82, 2.24) is 0 Å². The Morgan fingerprint density at radius 2 is 1.93 bits per heavy atom. The number of hydrogen-bond acceptors (Lipinski definition) is 3. The van der Waals surface area contributed by atoms with Gasteiger partial charge in [0.2, 0.25) is 0 Å². The number of rotatable bonds is 6. The van der Waals surface area contributed by atoms with Gasteiger partial charge in [0.1, 0.15) is 12.4 Å². The van der Waals surface area contributed by atoms with E-state index in [1.54, 1.807) is 0 Å². The molecular formula is C12H18O2S. The molecule has 1 rings (SSSR count). The first kappa shape index (κ1) is 12.4. The standard InChI is InChI=1S/C12H18O2S/c1-3-8-13-10(2)9-14-11-4-6-12(15)7-5-11/h4-7,10,15H,3,8-9H2,1-2H3. The number of hydrogen-bond donors (Lipinski definition) is 1. The van der Waals surface area contributed by atoms with Crippen molar-refractivity contribution >= 4 is 12.6 Å². The molecule has 0 radical (unpaired) electrons. The fourth-order valence-electron chi connectivity index (χ4n) is 1.12. The van der Waals surface area contributed by atoms with Crippen LogP contribution in [0.1, 0.15) is 20.3 Å². The summed E-state index contributed by atoms with van der Waals surface area (Å²) in [6.07, 6.45) is 1.18. The highest BCUT2D eigenvalue weighted by Crippen LogP contribution is 2.14. The summed E-state index contributed by atoms with van der Waals surface area (Å²) in [6, 6.07) is 7.65. The van der Waals surface area contributed by atoms with Crippen molar-refractivity contribution in [1.29, 1.82) is 0 Å². The zero-order valence-electron chi connectivity index (χ0n) is 9.27. The fourth-order valence-corrected chi connectivity index (χ4v) is 1.27. The van der Waals surface area contributed by atoms with Crippen LogP contribution in [0.2, 0.25) is 0 Å². The van der Waals surface area contributed by atoms with Crippen molar-refractivity contribution in [3.8, 4) is 5.75 Å². The van der Waals surface area contributed by atoms with Gasteiger partial charge in [-0.2, -0.15) is 0 Å². The van der Waals surface area contributed by atoms with Gasteiger partial charge in [0, 0.05) is 11.5 Å². The first-order valence-corrected chi connectivity index (χ1v) is 5.70. The van der Waals surface area contributed by atoms with Gasteiger partial charge in [0.05, 0.1) is 6.10 Å². The normalized spacial score (nSPS) is 12.5. The lowest BCUT2D eigenvalue weighted by molar-refractivity contribution is 0.0327. The smallest absolute Gasteiger partial charge is 0.119 e.